The molecule has 1 N–H and O–H groups in total. The number of hydrogen-bond acceptors (Lipinski definition) is 4. The number of rotatable bonds is 7. The van der Waals surface area contributed by atoms with Crippen LogP contribution in [-0.4, -0.2) is 38.4 Å². The van der Waals surface area contributed by atoms with Gasteiger partial charge in [0.1, 0.15) is 12.4 Å². The first-order chi connectivity index (χ1) is 15.9. The molecule has 0 radical (unpaired) electrons. The van der Waals surface area contributed by atoms with E-state index < -0.39 is 10.0 Å². The van der Waals surface area contributed by atoms with Crippen LogP contribution in [0.3, 0.4) is 0 Å². The van der Waals surface area contributed by atoms with Gasteiger partial charge in [-0.2, -0.15) is 0 Å². The van der Waals surface area contributed by atoms with E-state index in [0.717, 1.165) is 5.56 Å². The lowest BCUT2D eigenvalue weighted by molar-refractivity contribution is 0.0706. The van der Waals surface area contributed by atoms with Crippen molar-refractivity contribution in [2.45, 2.75) is 30.4 Å². The van der Waals surface area contributed by atoms with Gasteiger partial charge in [0.2, 0.25) is 10.0 Å². The lowest BCUT2D eigenvalue weighted by Crippen LogP contribution is -2.46. The predicted octanol–water partition coefficient (Wildman–Crippen LogP) is 4.50. The number of hydrogen-bond donors (Lipinski definition) is 1. The molecule has 0 bridgehead atoms. The number of para-hydroxylation sites is 1. The zero-order chi connectivity index (χ0) is 23.3. The Labute approximate surface area is 199 Å². The van der Waals surface area contributed by atoms with Gasteiger partial charge in [0, 0.05) is 29.7 Å². The van der Waals surface area contributed by atoms with Crippen LogP contribution in [0.5, 0.6) is 5.75 Å². The van der Waals surface area contributed by atoms with Crippen LogP contribution in [0.4, 0.5) is 0 Å². The summed E-state index contributed by atoms with van der Waals surface area (Å²) in [7, 11) is -3.58. The molecule has 172 valence electrons. The number of carbonyl (C=O) groups is 1. The van der Waals surface area contributed by atoms with E-state index in [2.05, 4.69) is 4.72 Å². The first-order valence-corrected chi connectivity index (χ1v) is 12.6. The zero-order valence-electron chi connectivity index (χ0n) is 18.0. The molecule has 1 aliphatic heterocycles. The highest BCUT2D eigenvalue weighted by atomic mass is 35.5. The Morgan fingerprint density at radius 2 is 1.58 bits per heavy atom. The summed E-state index contributed by atoms with van der Waals surface area (Å²) in [5, 5.41) is 0.612. The molecule has 0 aromatic heterocycles. The van der Waals surface area contributed by atoms with Crippen molar-refractivity contribution in [3.8, 4) is 5.75 Å². The average Bonchev–Trinajstić information content (AvgIpc) is 2.84. The Bertz CT molecular complexity index is 1210. The minimum Gasteiger partial charge on any atom is -0.488 e. The van der Waals surface area contributed by atoms with E-state index in [1.165, 1.54) is 0 Å². The van der Waals surface area contributed by atoms with E-state index in [9.17, 15) is 13.2 Å². The molecule has 0 aliphatic carbocycles. The third-order valence-electron chi connectivity index (χ3n) is 5.62. The molecular formula is C25H25ClN2O4S. The van der Waals surface area contributed by atoms with E-state index in [0.29, 0.717) is 42.3 Å². The molecule has 1 aliphatic rings. The highest BCUT2D eigenvalue weighted by Gasteiger charge is 2.28. The van der Waals surface area contributed by atoms with Crippen LogP contribution in [-0.2, 0) is 16.6 Å². The highest BCUT2D eigenvalue weighted by Crippen LogP contribution is 2.25. The van der Waals surface area contributed by atoms with E-state index >= 15 is 0 Å². The Morgan fingerprint density at radius 1 is 0.939 bits per heavy atom. The van der Waals surface area contributed by atoms with Crippen molar-refractivity contribution in [2.75, 3.05) is 13.1 Å². The van der Waals surface area contributed by atoms with Gasteiger partial charge in [-0.25, -0.2) is 13.1 Å². The monoisotopic (exact) mass is 484 g/mol. The van der Waals surface area contributed by atoms with E-state index in [-0.39, 0.29) is 23.5 Å². The first-order valence-electron chi connectivity index (χ1n) is 10.8. The molecular weight excluding hydrogens is 460 g/mol. The van der Waals surface area contributed by atoms with Crippen molar-refractivity contribution in [2.24, 2.45) is 0 Å². The van der Waals surface area contributed by atoms with Crippen molar-refractivity contribution in [1.82, 2.24) is 9.62 Å². The van der Waals surface area contributed by atoms with Gasteiger partial charge in [0.25, 0.3) is 5.91 Å². The number of piperidine rings is 1. The Kier molecular flexibility index (Phi) is 7.33. The van der Waals surface area contributed by atoms with Gasteiger partial charge in [0.05, 0.1) is 10.5 Å². The summed E-state index contributed by atoms with van der Waals surface area (Å²) in [5.41, 5.74) is 1.32. The van der Waals surface area contributed by atoms with E-state index in [4.69, 9.17) is 16.3 Å². The highest BCUT2D eigenvalue weighted by molar-refractivity contribution is 7.89. The maximum absolute atomic E-state index is 13.2. The molecule has 1 saturated heterocycles. The lowest BCUT2D eigenvalue weighted by atomic mass is 10.0. The van der Waals surface area contributed by atoms with Crippen molar-refractivity contribution in [1.29, 1.82) is 0 Å². The van der Waals surface area contributed by atoms with Crippen molar-refractivity contribution in [3.63, 3.8) is 0 Å². The van der Waals surface area contributed by atoms with Gasteiger partial charge in [-0.1, -0.05) is 60.1 Å². The van der Waals surface area contributed by atoms with Gasteiger partial charge in [0.15, 0.2) is 0 Å². The smallest absolute Gasteiger partial charge is 0.257 e. The van der Waals surface area contributed by atoms with Crippen LogP contribution in [0.1, 0.15) is 28.8 Å². The van der Waals surface area contributed by atoms with Crippen LogP contribution in [0.2, 0.25) is 5.02 Å². The fourth-order valence-corrected chi connectivity index (χ4v) is 5.31. The number of nitrogens with one attached hydrogen (secondary N) is 1. The summed E-state index contributed by atoms with van der Waals surface area (Å²) in [6, 6.07) is 22.7. The maximum Gasteiger partial charge on any atom is 0.257 e. The molecule has 3 aromatic carbocycles. The fourth-order valence-electron chi connectivity index (χ4n) is 3.80. The second-order valence-corrected chi connectivity index (χ2v) is 10.00. The molecule has 33 heavy (non-hydrogen) atoms. The zero-order valence-corrected chi connectivity index (χ0v) is 19.6. The van der Waals surface area contributed by atoms with Gasteiger partial charge in [-0.3, -0.25) is 4.79 Å². The van der Waals surface area contributed by atoms with E-state index in [1.54, 1.807) is 59.5 Å². The third-order valence-corrected chi connectivity index (χ3v) is 7.52. The molecule has 0 spiro atoms. The second kappa shape index (κ2) is 10.4. The Hall–Kier alpha value is -2.87. The average molecular weight is 485 g/mol. The molecule has 1 fully saturated rings. The molecule has 8 heteroatoms. The van der Waals surface area contributed by atoms with Gasteiger partial charge in [-0.15, -0.1) is 0 Å². The topological polar surface area (TPSA) is 75.7 Å². The molecule has 4 rings (SSSR count). The number of sulfonamides is 1. The van der Waals surface area contributed by atoms with Gasteiger partial charge < -0.3 is 9.64 Å². The number of halogens is 1. The second-order valence-electron chi connectivity index (χ2n) is 7.88. The molecule has 1 amide bonds. The lowest BCUT2D eigenvalue weighted by Gasteiger charge is -2.32. The van der Waals surface area contributed by atoms with Crippen LogP contribution in [0.15, 0.2) is 83.8 Å². The van der Waals surface area contributed by atoms with Crippen LogP contribution < -0.4 is 9.46 Å². The van der Waals surface area contributed by atoms with Crippen LogP contribution in [0.25, 0.3) is 0 Å². The summed E-state index contributed by atoms with van der Waals surface area (Å²) in [6.45, 7) is 1.17. The summed E-state index contributed by atoms with van der Waals surface area (Å²) in [5.74, 6) is 0.364. The van der Waals surface area contributed by atoms with Gasteiger partial charge in [-0.05, 0) is 43.2 Å². The molecule has 0 unspecified atom stereocenters. The van der Waals surface area contributed by atoms with Crippen LogP contribution >= 0.6 is 11.6 Å². The molecule has 6 nitrogen and oxygen atoms in total. The molecule has 0 saturated carbocycles. The largest absolute Gasteiger partial charge is 0.488 e. The number of nitrogens with zero attached hydrogens (tertiary/aromatic N) is 1. The van der Waals surface area contributed by atoms with Crippen LogP contribution in [0, 0.1) is 0 Å². The maximum atomic E-state index is 13.2. The number of carbonyl (C=O) groups excluding carboxylic acids is 1. The molecule has 1 heterocycles. The minimum atomic E-state index is -3.58. The number of ether oxygens (including phenoxy) is 1. The molecule has 0 atom stereocenters. The van der Waals surface area contributed by atoms with Crippen molar-refractivity contribution >= 4 is 27.5 Å². The Morgan fingerprint density at radius 3 is 2.30 bits per heavy atom. The standard InChI is InChI=1S/C25H25ClN2O4S/c26-23-12-6-4-8-19(23)18-32-24-13-7-5-11-22(24)25(29)28-16-14-20(15-17-28)27-33(30,31)21-9-2-1-3-10-21/h1-13,20,27H,14-18H2. The number of amides is 1. The van der Waals surface area contributed by atoms with Crippen molar-refractivity contribution < 1.29 is 17.9 Å². The summed E-state index contributed by atoms with van der Waals surface area (Å²) >= 11 is 6.21. The third kappa shape index (κ3) is 5.74. The van der Waals surface area contributed by atoms with Gasteiger partial charge >= 0.3 is 0 Å². The first kappa shape index (κ1) is 23.3. The quantitative estimate of drug-likeness (QED) is 0.535. The summed E-state index contributed by atoms with van der Waals surface area (Å²) in [6.07, 6.45) is 1.08. The summed E-state index contributed by atoms with van der Waals surface area (Å²) in [4.78, 5) is 15.2. The predicted molar refractivity (Wildman–Crippen MR) is 128 cm³/mol. The normalized spacial score (nSPS) is 14.8. The Balaban J connectivity index is 1.38. The minimum absolute atomic E-state index is 0.130. The number of benzene rings is 3. The summed E-state index contributed by atoms with van der Waals surface area (Å²) < 4.78 is 33.8. The SMILES string of the molecule is O=C(c1ccccc1OCc1ccccc1Cl)N1CCC(NS(=O)(=O)c2ccccc2)CC1. The van der Waals surface area contributed by atoms with Crippen molar-refractivity contribution in [3.05, 3.63) is 95.0 Å². The number of likely N-dealkylation sites (tertiary alicyclic amines) is 1. The fraction of sp³-hybridized carbons (Fsp3) is 0.240. The molecule has 3 aromatic rings. The van der Waals surface area contributed by atoms with E-state index in [1.807, 2.05) is 24.3 Å².